The lowest BCUT2D eigenvalue weighted by molar-refractivity contribution is 0.214. The van der Waals surface area contributed by atoms with Gasteiger partial charge in [0.25, 0.3) is 0 Å². The zero-order valence-electron chi connectivity index (χ0n) is 22.9. The number of aromatic nitrogens is 1. The van der Waals surface area contributed by atoms with Crippen molar-refractivity contribution in [1.29, 1.82) is 0 Å². The van der Waals surface area contributed by atoms with Crippen molar-refractivity contribution in [3.63, 3.8) is 0 Å². The Morgan fingerprint density at radius 2 is 1.63 bits per heavy atom. The van der Waals surface area contributed by atoms with E-state index in [-0.39, 0.29) is 6.04 Å². The number of rotatable bonds is 5. The van der Waals surface area contributed by atoms with Crippen LogP contribution in [0.5, 0.6) is 0 Å². The van der Waals surface area contributed by atoms with Crippen molar-refractivity contribution in [3.8, 4) is 11.1 Å². The quantitative estimate of drug-likeness (QED) is 0.108. The molecule has 3 aromatic carbocycles. The van der Waals surface area contributed by atoms with E-state index in [1.807, 2.05) is 57.2 Å². The van der Waals surface area contributed by atoms with Crippen molar-refractivity contribution in [2.45, 2.75) is 38.3 Å². The molecular weight excluding hydrogens is 578 g/mol. The summed E-state index contributed by atoms with van der Waals surface area (Å²) in [4.78, 5) is 7.26. The highest BCUT2D eigenvalue weighted by Gasteiger charge is 2.33. The summed E-state index contributed by atoms with van der Waals surface area (Å²) in [6.07, 6.45) is 2.36. The van der Waals surface area contributed by atoms with Gasteiger partial charge in [-0.05, 0) is 55.7 Å². The van der Waals surface area contributed by atoms with Gasteiger partial charge in [-0.25, -0.2) is 26.0 Å². The number of sulfone groups is 1. The van der Waals surface area contributed by atoms with Crippen LogP contribution in [0.1, 0.15) is 23.6 Å². The van der Waals surface area contributed by atoms with Gasteiger partial charge in [-0.15, -0.1) is 0 Å². The lowest BCUT2D eigenvalue weighted by Gasteiger charge is -2.42. The van der Waals surface area contributed by atoms with E-state index in [0.717, 1.165) is 38.8 Å². The maximum Gasteiger partial charge on any atom is 0.198 e. The van der Waals surface area contributed by atoms with E-state index >= 15 is 0 Å². The molecule has 0 aliphatic carbocycles. The van der Waals surface area contributed by atoms with Crippen molar-refractivity contribution in [2.75, 3.05) is 30.8 Å². The van der Waals surface area contributed by atoms with Crippen LogP contribution in [0.4, 0.5) is 23.2 Å². The molecule has 0 saturated carbocycles. The summed E-state index contributed by atoms with van der Waals surface area (Å²) in [5.41, 5.74) is 5.08. The first-order valence-corrected chi connectivity index (χ1v) is 15.2. The molecule has 1 saturated heterocycles. The molecule has 41 heavy (non-hydrogen) atoms. The number of aryl methyl sites for hydroxylation is 2. The molecule has 0 spiro atoms. The maximum atomic E-state index is 14.7. The Kier molecular flexibility index (Phi) is 7.78. The highest BCUT2D eigenvalue weighted by Crippen LogP contribution is 2.39. The molecule has 0 bridgehead atoms. The molecule has 1 unspecified atom stereocenters. The lowest BCUT2D eigenvalue weighted by atomic mass is 9.94. The molecule has 1 aliphatic rings. The Bertz CT molecular complexity index is 1780. The number of benzene rings is 3. The van der Waals surface area contributed by atoms with E-state index in [2.05, 4.69) is 9.88 Å². The number of anilines is 1. The van der Waals surface area contributed by atoms with Crippen LogP contribution >= 0.6 is 11.6 Å². The van der Waals surface area contributed by atoms with Gasteiger partial charge in [0.2, 0.25) is 0 Å². The Balaban J connectivity index is 1.46. The van der Waals surface area contributed by atoms with Gasteiger partial charge in [-0.2, -0.15) is 0 Å². The largest absolute Gasteiger partial charge is 0.366 e. The predicted octanol–water partition coefficient (Wildman–Crippen LogP) is 6.84. The second-order valence-corrected chi connectivity index (χ2v) is 12.9. The molecule has 1 aliphatic heterocycles. The number of hydrogen-bond acceptors (Lipinski definition) is 5. The summed E-state index contributed by atoms with van der Waals surface area (Å²) in [5, 5.41) is 1.43. The molecule has 216 valence electrons. The van der Waals surface area contributed by atoms with E-state index in [1.54, 1.807) is 11.1 Å². The summed E-state index contributed by atoms with van der Waals surface area (Å²) in [6.45, 7) is 6.69. The number of halogens is 5. The molecule has 5 rings (SSSR count). The molecular formula is C30H28ClF4N3O2S. The van der Waals surface area contributed by atoms with Gasteiger partial charge in [-0.3, -0.25) is 9.88 Å². The summed E-state index contributed by atoms with van der Waals surface area (Å²) in [7, 11) is -4.38. The smallest absolute Gasteiger partial charge is 0.198 e. The van der Waals surface area contributed by atoms with Crippen LogP contribution in [0.2, 0.25) is 5.02 Å². The maximum absolute atomic E-state index is 14.7. The fraction of sp³-hybridized carbons (Fsp3) is 0.300. The van der Waals surface area contributed by atoms with E-state index < -0.39 is 50.1 Å². The van der Waals surface area contributed by atoms with E-state index in [0.29, 0.717) is 30.9 Å². The van der Waals surface area contributed by atoms with Crippen molar-refractivity contribution in [2.24, 2.45) is 0 Å². The van der Waals surface area contributed by atoms with Crippen LogP contribution in [-0.2, 0) is 16.4 Å². The fourth-order valence-electron chi connectivity index (χ4n) is 5.78. The average molecular weight is 606 g/mol. The van der Waals surface area contributed by atoms with Gasteiger partial charge in [0.15, 0.2) is 33.1 Å². The average Bonchev–Trinajstić information content (AvgIpc) is 2.90. The first-order valence-electron chi connectivity index (χ1n) is 13.0. The van der Waals surface area contributed by atoms with Crippen molar-refractivity contribution >= 4 is 38.0 Å². The van der Waals surface area contributed by atoms with Gasteiger partial charge in [-0.1, -0.05) is 29.8 Å². The molecule has 1 aromatic heterocycles. The Hall–Kier alpha value is -3.21. The zero-order chi connectivity index (χ0) is 29.8. The molecule has 11 heteroatoms. The molecule has 0 N–H and O–H groups in total. The third kappa shape index (κ3) is 5.29. The fourth-order valence-corrected chi connectivity index (χ4v) is 7.05. The highest BCUT2D eigenvalue weighted by molar-refractivity contribution is 7.90. The second kappa shape index (κ2) is 10.9. The van der Waals surface area contributed by atoms with Gasteiger partial charge in [0.05, 0.1) is 5.52 Å². The SMILES string of the molecule is Cc1cccc(C)c1-c1cc2nccc(N3CCN(Cc4c(F)c(F)c(F)c(F)c4S(C)(=O)=O)CC3C)c2cc1Cl. The van der Waals surface area contributed by atoms with Gasteiger partial charge >= 0.3 is 0 Å². The molecule has 0 radical (unpaired) electrons. The van der Waals surface area contributed by atoms with E-state index in [9.17, 15) is 26.0 Å². The first kappa shape index (κ1) is 29.3. The normalized spacial score (nSPS) is 16.5. The predicted molar refractivity (Wildman–Crippen MR) is 153 cm³/mol. The van der Waals surface area contributed by atoms with Gasteiger partial charge < -0.3 is 4.90 Å². The molecule has 2 heterocycles. The summed E-state index contributed by atoms with van der Waals surface area (Å²) < 4.78 is 81.5. The standard InChI is InChI=1S/C30H28ClF4N3O2S/c1-16-6-5-7-17(2)25(16)19-13-23-20(12-22(19)31)24(8-9-36-23)38-11-10-37(14-18(38)3)15-21-26(32)27(33)28(34)29(35)30(21)41(4,39)40/h5-9,12-13,18H,10-11,14-15H2,1-4H3. The van der Waals surface area contributed by atoms with Crippen molar-refractivity contribution in [3.05, 3.63) is 87.6 Å². The van der Waals surface area contributed by atoms with Gasteiger partial charge in [0, 0.05) is 71.9 Å². The number of hydrogen-bond donors (Lipinski definition) is 0. The third-order valence-corrected chi connectivity index (χ3v) is 9.13. The monoisotopic (exact) mass is 605 g/mol. The number of fused-ring (bicyclic) bond motifs is 1. The van der Waals surface area contributed by atoms with Crippen LogP contribution < -0.4 is 4.90 Å². The van der Waals surface area contributed by atoms with E-state index in [4.69, 9.17) is 11.6 Å². The van der Waals surface area contributed by atoms with Crippen LogP contribution in [0.15, 0.2) is 47.5 Å². The minimum Gasteiger partial charge on any atom is -0.366 e. The molecule has 1 fully saturated rings. The van der Waals surface area contributed by atoms with Gasteiger partial charge in [0.1, 0.15) is 4.90 Å². The topological polar surface area (TPSA) is 53.5 Å². The minimum atomic E-state index is -4.38. The number of nitrogens with zero attached hydrogens (tertiary/aromatic N) is 3. The highest BCUT2D eigenvalue weighted by atomic mass is 35.5. The lowest BCUT2D eigenvalue weighted by Crippen LogP contribution is -2.51. The molecule has 5 nitrogen and oxygen atoms in total. The Labute approximate surface area is 241 Å². The number of piperazine rings is 1. The van der Waals surface area contributed by atoms with Crippen molar-refractivity contribution in [1.82, 2.24) is 9.88 Å². The minimum absolute atomic E-state index is 0.161. The van der Waals surface area contributed by atoms with Crippen molar-refractivity contribution < 1.29 is 26.0 Å². The summed E-state index contributed by atoms with van der Waals surface area (Å²) >= 11 is 6.82. The van der Waals surface area contributed by atoms with Crippen LogP contribution in [0, 0.1) is 37.1 Å². The van der Waals surface area contributed by atoms with Crippen LogP contribution in [0.3, 0.4) is 0 Å². The summed E-state index contributed by atoms with van der Waals surface area (Å²) in [5.74, 6) is -7.78. The molecule has 1 atom stereocenters. The van der Waals surface area contributed by atoms with Crippen LogP contribution in [0.25, 0.3) is 22.0 Å². The zero-order valence-corrected chi connectivity index (χ0v) is 24.5. The second-order valence-electron chi connectivity index (χ2n) is 10.6. The Morgan fingerprint density at radius 1 is 0.976 bits per heavy atom. The third-order valence-electron chi connectivity index (χ3n) is 7.65. The number of pyridine rings is 1. The first-order chi connectivity index (χ1) is 19.3. The van der Waals surface area contributed by atoms with Crippen LogP contribution in [-0.4, -0.2) is 50.2 Å². The molecule has 4 aromatic rings. The Morgan fingerprint density at radius 3 is 2.27 bits per heavy atom. The summed E-state index contributed by atoms with van der Waals surface area (Å²) in [6, 6.07) is 11.7. The molecule has 0 amide bonds. The van der Waals surface area contributed by atoms with E-state index in [1.165, 1.54) is 0 Å².